The zero-order valence-corrected chi connectivity index (χ0v) is 23.2. The summed E-state index contributed by atoms with van der Waals surface area (Å²) in [5, 5.41) is 11.4. The van der Waals surface area contributed by atoms with Crippen LogP contribution < -0.4 is 0 Å². The highest BCUT2D eigenvalue weighted by molar-refractivity contribution is 5.78. The molecule has 2 aliphatic heterocycles. The maximum Gasteiger partial charge on any atom is 0.312 e. The standard InChI is InChI=1S/C31H48O4/c1-19-10-13-29(25(32)34-7)15-14-27(5)21(24(29)20(19)2)8-9-23-28(27,6)12-11-22-26(3,4)31(33)17-16-30(22,23)18-35-31/h8,19-20,22-24,33H,9-18H2,1-7H3/t19-,20+,22+,23+,24+,27-,28-,29+,30-,31+/m1/s1. The van der Waals surface area contributed by atoms with Crippen molar-refractivity contribution in [1.29, 1.82) is 0 Å². The van der Waals surface area contributed by atoms with Gasteiger partial charge in [0.25, 0.3) is 0 Å². The van der Waals surface area contributed by atoms with Crippen LogP contribution in [0.4, 0.5) is 0 Å². The lowest BCUT2D eigenvalue weighted by atomic mass is 9.32. The van der Waals surface area contributed by atoms with E-state index in [0.29, 0.717) is 36.2 Å². The quantitative estimate of drug-likeness (QED) is 0.340. The van der Waals surface area contributed by atoms with Gasteiger partial charge in [0, 0.05) is 17.3 Å². The molecule has 4 saturated carbocycles. The van der Waals surface area contributed by atoms with Gasteiger partial charge in [0.15, 0.2) is 5.79 Å². The third-order valence-corrected chi connectivity index (χ3v) is 14.0. The number of hydrogen-bond acceptors (Lipinski definition) is 4. The lowest BCUT2D eigenvalue weighted by Gasteiger charge is -2.74. The van der Waals surface area contributed by atoms with Gasteiger partial charge in [-0.05, 0) is 91.8 Å². The van der Waals surface area contributed by atoms with Crippen molar-refractivity contribution in [1.82, 2.24) is 0 Å². The van der Waals surface area contributed by atoms with E-state index in [1.54, 1.807) is 12.7 Å². The van der Waals surface area contributed by atoms with E-state index in [-0.39, 0.29) is 33.0 Å². The molecule has 5 aliphatic carbocycles. The van der Waals surface area contributed by atoms with Crippen LogP contribution in [0, 0.1) is 56.7 Å². The Kier molecular flexibility index (Phi) is 5.00. The zero-order chi connectivity index (χ0) is 25.2. The molecule has 35 heavy (non-hydrogen) atoms. The number of allylic oxidation sites excluding steroid dienone is 2. The summed E-state index contributed by atoms with van der Waals surface area (Å²) in [6.07, 6.45) is 12.0. The number of fused-ring (bicyclic) bond motifs is 7. The van der Waals surface area contributed by atoms with Crippen LogP contribution in [0.1, 0.15) is 99.3 Å². The number of methoxy groups -OCH3 is 1. The van der Waals surface area contributed by atoms with Crippen LogP contribution in [-0.2, 0) is 14.3 Å². The van der Waals surface area contributed by atoms with Crippen LogP contribution in [0.3, 0.4) is 0 Å². The minimum absolute atomic E-state index is 0.0350. The molecule has 0 unspecified atom stereocenters. The number of ether oxygens (including phenoxy) is 2. The first kappa shape index (κ1) is 24.5. The predicted molar refractivity (Wildman–Crippen MR) is 136 cm³/mol. The molecule has 2 heterocycles. The Balaban J connectivity index is 1.47. The second-order valence-corrected chi connectivity index (χ2v) is 14.8. The normalized spacial score (nSPS) is 56.1. The van der Waals surface area contributed by atoms with Crippen molar-refractivity contribution in [3.8, 4) is 0 Å². The topological polar surface area (TPSA) is 55.8 Å². The molecule has 2 bridgehead atoms. The molecule has 1 spiro atoms. The monoisotopic (exact) mass is 484 g/mol. The molecule has 196 valence electrons. The van der Waals surface area contributed by atoms with Gasteiger partial charge in [-0.2, -0.15) is 0 Å². The van der Waals surface area contributed by atoms with Gasteiger partial charge in [0.1, 0.15) is 0 Å². The highest BCUT2D eigenvalue weighted by atomic mass is 16.6. The Labute approximate surface area is 212 Å². The summed E-state index contributed by atoms with van der Waals surface area (Å²) in [6.45, 7) is 15.2. The third-order valence-electron chi connectivity index (χ3n) is 14.0. The second kappa shape index (κ2) is 7.16. The largest absolute Gasteiger partial charge is 0.469 e. The molecule has 0 aromatic carbocycles. The number of esters is 1. The first-order valence-corrected chi connectivity index (χ1v) is 14.5. The van der Waals surface area contributed by atoms with Gasteiger partial charge in [-0.1, -0.05) is 53.2 Å². The first-order chi connectivity index (χ1) is 16.3. The van der Waals surface area contributed by atoms with Gasteiger partial charge in [-0.25, -0.2) is 0 Å². The molecule has 1 N–H and O–H groups in total. The van der Waals surface area contributed by atoms with Crippen molar-refractivity contribution >= 4 is 5.97 Å². The van der Waals surface area contributed by atoms with Crippen molar-refractivity contribution < 1.29 is 19.4 Å². The van der Waals surface area contributed by atoms with Crippen molar-refractivity contribution in [3.05, 3.63) is 11.6 Å². The van der Waals surface area contributed by atoms with Gasteiger partial charge < -0.3 is 14.6 Å². The van der Waals surface area contributed by atoms with Crippen LogP contribution in [0.15, 0.2) is 11.6 Å². The molecule has 0 aromatic heterocycles. The Morgan fingerprint density at radius 3 is 2.40 bits per heavy atom. The van der Waals surface area contributed by atoms with E-state index in [9.17, 15) is 9.90 Å². The molecular formula is C31H48O4. The molecule has 7 rings (SSSR count). The van der Waals surface area contributed by atoms with Gasteiger partial charge in [0.2, 0.25) is 0 Å². The maximum absolute atomic E-state index is 13.4. The lowest BCUT2D eigenvalue weighted by molar-refractivity contribution is -0.395. The first-order valence-electron chi connectivity index (χ1n) is 14.5. The summed E-state index contributed by atoms with van der Waals surface area (Å²) in [5.74, 6) is 1.55. The molecule has 0 radical (unpaired) electrons. The molecule has 4 nitrogen and oxygen atoms in total. The van der Waals surface area contributed by atoms with E-state index in [0.717, 1.165) is 44.9 Å². The summed E-state index contributed by atoms with van der Waals surface area (Å²) in [4.78, 5) is 13.4. The maximum atomic E-state index is 13.4. The summed E-state index contributed by atoms with van der Waals surface area (Å²) in [6, 6.07) is 0. The summed E-state index contributed by atoms with van der Waals surface area (Å²) in [5.41, 5.74) is 1.46. The lowest BCUT2D eigenvalue weighted by Crippen LogP contribution is -2.73. The minimum Gasteiger partial charge on any atom is -0.469 e. The van der Waals surface area contributed by atoms with E-state index >= 15 is 0 Å². The Hall–Kier alpha value is -0.870. The van der Waals surface area contributed by atoms with Crippen LogP contribution in [0.25, 0.3) is 0 Å². The fourth-order valence-electron chi connectivity index (χ4n) is 11.5. The molecule has 7 aliphatic rings. The van der Waals surface area contributed by atoms with Gasteiger partial charge in [-0.3, -0.25) is 4.79 Å². The Morgan fingerprint density at radius 2 is 1.74 bits per heavy atom. The van der Waals surface area contributed by atoms with E-state index in [1.165, 1.54) is 12.8 Å². The Bertz CT molecular complexity index is 957. The van der Waals surface area contributed by atoms with E-state index < -0.39 is 5.79 Å². The van der Waals surface area contributed by atoms with Gasteiger partial charge in [0.05, 0.1) is 19.1 Å². The number of carbonyl (C=O) groups excluding carboxylic acids is 1. The van der Waals surface area contributed by atoms with Gasteiger partial charge in [-0.15, -0.1) is 0 Å². The predicted octanol–water partition coefficient (Wildman–Crippen LogP) is 6.52. The molecule has 4 heteroatoms. The molecular weight excluding hydrogens is 436 g/mol. The van der Waals surface area contributed by atoms with Crippen molar-refractivity contribution in [2.75, 3.05) is 13.7 Å². The molecule has 10 atom stereocenters. The molecule has 0 aromatic rings. The minimum atomic E-state index is -0.967. The zero-order valence-electron chi connectivity index (χ0n) is 23.2. The molecule has 2 saturated heterocycles. The van der Waals surface area contributed by atoms with Gasteiger partial charge >= 0.3 is 5.97 Å². The fraction of sp³-hybridized carbons (Fsp3) is 0.903. The van der Waals surface area contributed by atoms with Crippen LogP contribution in [0.2, 0.25) is 0 Å². The smallest absolute Gasteiger partial charge is 0.312 e. The summed E-state index contributed by atoms with van der Waals surface area (Å²) < 4.78 is 11.9. The third kappa shape index (κ3) is 2.60. The van der Waals surface area contributed by atoms with E-state index in [2.05, 4.69) is 47.6 Å². The van der Waals surface area contributed by atoms with Crippen molar-refractivity contribution in [2.24, 2.45) is 56.7 Å². The molecule has 6 fully saturated rings. The average Bonchev–Trinajstić information content (AvgIpc) is 2.82. The SMILES string of the molecule is COC(=O)[C@]12CC[C@@H](C)[C@H](C)[C@H]1C1=CC[C@@H]3[C@]45CC[C@](O)(OC4)C(C)(C)[C@@H]5CC[C@@]3(C)[C@]1(C)CC2. The van der Waals surface area contributed by atoms with Crippen LogP contribution in [-0.4, -0.2) is 30.6 Å². The number of rotatable bonds is 1. The number of carbonyl (C=O) groups is 1. The van der Waals surface area contributed by atoms with E-state index in [1.807, 2.05) is 0 Å². The average molecular weight is 485 g/mol. The highest BCUT2D eigenvalue weighted by Gasteiger charge is 2.74. The fourth-order valence-corrected chi connectivity index (χ4v) is 11.5. The Morgan fingerprint density at radius 1 is 1.00 bits per heavy atom. The molecule has 0 amide bonds. The number of aliphatic hydroxyl groups is 1. The van der Waals surface area contributed by atoms with Crippen LogP contribution >= 0.6 is 0 Å². The van der Waals surface area contributed by atoms with Crippen molar-refractivity contribution in [2.45, 2.75) is 105 Å². The van der Waals surface area contributed by atoms with E-state index in [4.69, 9.17) is 9.47 Å². The van der Waals surface area contributed by atoms with Crippen molar-refractivity contribution in [3.63, 3.8) is 0 Å². The second-order valence-electron chi connectivity index (χ2n) is 14.8. The van der Waals surface area contributed by atoms with Crippen LogP contribution in [0.5, 0.6) is 0 Å². The summed E-state index contributed by atoms with van der Waals surface area (Å²) in [7, 11) is 1.59. The number of hydrogen-bond donors (Lipinski definition) is 1. The summed E-state index contributed by atoms with van der Waals surface area (Å²) >= 11 is 0. The highest BCUT2D eigenvalue weighted by Crippen LogP contribution is 2.77.